The van der Waals surface area contributed by atoms with Gasteiger partial charge >= 0.3 is 0 Å². The fourth-order valence-electron chi connectivity index (χ4n) is 2.66. The van der Waals surface area contributed by atoms with Crippen LogP contribution in [0.25, 0.3) is 0 Å². The van der Waals surface area contributed by atoms with Crippen LogP contribution in [0.1, 0.15) is 38.5 Å². The Morgan fingerprint density at radius 3 is 2.94 bits per heavy atom. The summed E-state index contributed by atoms with van der Waals surface area (Å²) in [6.07, 6.45) is 8.16. The molecule has 96 valence electrons. The zero-order chi connectivity index (χ0) is 11.6. The molecule has 1 saturated heterocycles. The molecule has 0 aromatic rings. The summed E-state index contributed by atoms with van der Waals surface area (Å²) in [5.74, 6) is 2.08. The highest BCUT2D eigenvalue weighted by molar-refractivity contribution is 8.14. The first-order chi connectivity index (χ1) is 8.36. The number of rotatable bonds is 5. The number of nitrogens with zero attached hydrogens (tertiary/aromatic N) is 1. The number of amidine groups is 1. The topological polar surface area (TPSA) is 33.6 Å². The number of hydrogen-bond donors (Lipinski definition) is 1. The molecule has 3 fully saturated rings. The van der Waals surface area contributed by atoms with Gasteiger partial charge in [-0.25, -0.2) is 0 Å². The van der Waals surface area contributed by atoms with Crippen molar-refractivity contribution in [1.82, 2.24) is 5.32 Å². The van der Waals surface area contributed by atoms with Crippen molar-refractivity contribution >= 4 is 16.9 Å². The highest BCUT2D eigenvalue weighted by Crippen LogP contribution is 2.37. The van der Waals surface area contributed by atoms with Gasteiger partial charge in [-0.3, -0.25) is 4.99 Å². The van der Waals surface area contributed by atoms with Crippen molar-refractivity contribution in [3.63, 3.8) is 0 Å². The number of aliphatic imine (C=N–C) groups is 1. The molecule has 0 amide bonds. The van der Waals surface area contributed by atoms with Gasteiger partial charge in [0.15, 0.2) is 5.17 Å². The molecule has 1 spiro atoms. The average molecular weight is 254 g/mol. The lowest BCUT2D eigenvalue weighted by molar-refractivity contribution is 0.132. The van der Waals surface area contributed by atoms with Crippen molar-refractivity contribution in [3.05, 3.63) is 0 Å². The minimum Gasteiger partial charge on any atom is -0.379 e. The van der Waals surface area contributed by atoms with E-state index in [1.807, 2.05) is 11.8 Å². The van der Waals surface area contributed by atoms with Crippen molar-refractivity contribution in [2.45, 2.75) is 44.1 Å². The van der Waals surface area contributed by atoms with Crippen molar-refractivity contribution in [2.24, 2.45) is 10.9 Å². The average Bonchev–Trinajstić information content (AvgIpc) is 2.91. The molecule has 0 bridgehead atoms. The molecule has 0 aromatic carbocycles. The number of hydrogen-bond acceptors (Lipinski definition) is 3. The molecule has 2 saturated carbocycles. The van der Waals surface area contributed by atoms with Crippen molar-refractivity contribution in [2.75, 3.05) is 25.5 Å². The summed E-state index contributed by atoms with van der Waals surface area (Å²) >= 11 is 1.90. The Labute approximate surface area is 108 Å². The number of ether oxygens (including phenoxy) is 1. The Kier molecular flexibility index (Phi) is 3.61. The van der Waals surface area contributed by atoms with Gasteiger partial charge in [-0.15, -0.1) is 0 Å². The molecule has 3 nitrogen and oxygen atoms in total. The summed E-state index contributed by atoms with van der Waals surface area (Å²) in [5, 5.41) is 4.79. The van der Waals surface area contributed by atoms with Crippen LogP contribution >= 0.6 is 11.8 Å². The molecule has 1 N–H and O–H groups in total. The molecule has 0 atom stereocenters. The summed E-state index contributed by atoms with van der Waals surface area (Å²) in [6.45, 7) is 2.56. The molecule has 17 heavy (non-hydrogen) atoms. The fourth-order valence-corrected chi connectivity index (χ4v) is 3.90. The normalized spacial score (nSPS) is 29.1. The summed E-state index contributed by atoms with van der Waals surface area (Å²) in [5.41, 5.74) is 0.401. The standard InChI is InChI=1S/C13H22N2OS/c1-2-6-13(5-1)10-17-12(15-13)14-7-8-16-9-11-3-4-11/h11H,1-10H2,(H,14,15). The van der Waals surface area contributed by atoms with E-state index in [1.165, 1.54) is 44.3 Å². The lowest BCUT2D eigenvalue weighted by atomic mass is 10.0. The maximum Gasteiger partial charge on any atom is 0.157 e. The van der Waals surface area contributed by atoms with E-state index in [-0.39, 0.29) is 0 Å². The predicted octanol–water partition coefficient (Wildman–Crippen LogP) is 2.42. The van der Waals surface area contributed by atoms with E-state index in [1.54, 1.807) is 0 Å². The maximum atomic E-state index is 5.59. The van der Waals surface area contributed by atoms with Gasteiger partial charge in [-0.2, -0.15) is 0 Å². The summed E-state index contributed by atoms with van der Waals surface area (Å²) in [4.78, 5) is 4.60. The molecule has 4 heteroatoms. The molecule has 1 aliphatic heterocycles. The zero-order valence-electron chi connectivity index (χ0n) is 10.4. The molecule has 2 aliphatic carbocycles. The third-order valence-electron chi connectivity index (χ3n) is 3.96. The van der Waals surface area contributed by atoms with Gasteiger partial charge in [0.1, 0.15) is 0 Å². The Hall–Kier alpha value is -0.220. The molecule has 1 heterocycles. The van der Waals surface area contributed by atoms with E-state index in [0.29, 0.717) is 5.54 Å². The van der Waals surface area contributed by atoms with E-state index < -0.39 is 0 Å². The van der Waals surface area contributed by atoms with Gasteiger partial charge in [0, 0.05) is 17.9 Å². The summed E-state index contributed by atoms with van der Waals surface area (Å²) in [6, 6.07) is 0. The van der Waals surface area contributed by atoms with Crippen LogP contribution in [0, 0.1) is 5.92 Å². The highest BCUT2D eigenvalue weighted by Gasteiger charge is 2.39. The van der Waals surface area contributed by atoms with Gasteiger partial charge in [-0.1, -0.05) is 24.6 Å². The SMILES string of the molecule is C1CCC2(C1)CSC(=NCCOCC1CC1)N2. The molecular formula is C13H22N2OS. The van der Waals surface area contributed by atoms with Crippen LogP contribution in [0.15, 0.2) is 4.99 Å². The van der Waals surface area contributed by atoms with Crippen molar-refractivity contribution in [1.29, 1.82) is 0 Å². The second-order valence-corrected chi connectivity index (χ2v) is 6.57. The summed E-state index contributed by atoms with van der Waals surface area (Å²) in [7, 11) is 0. The molecule has 3 aliphatic rings. The minimum atomic E-state index is 0.401. The third-order valence-corrected chi connectivity index (χ3v) is 5.16. The smallest absolute Gasteiger partial charge is 0.157 e. The zero-order valence-corrected chi connectivity index (χ0v) is 11.2. The third kappa shape index (κ3) is 3.16. The second kappa shape index (κ2) is 5.19. The van der Waals surface area contributed by atoms with Gasteiger partial charge < -0.3 is 10.1 Å². The van der Waals surface area contributed by atoms with Gasteiger partial charge in [0.2, 0.25) is 0 Å². The summed E-state index contributed by atoms with van der Waals surface area (Å²) < 4.78 is 5.59. The lowest BCUT2D eigenvalue weighted by Gasteiger charge is -2.21. The van der Waals surface area contributed by atoms with E-state index in [0.717, 1.165) is 30.8 Å². The van der Waals surface area contributed by atoms with Crippen LogP contribution < -0.4 is 5.32 Å². The van der Waals surface area contributed by atoms with Crippen LogP contribution in [0.4, 0.5) is 0 Å². The number of thioether (sulfide) groups is 1. The van der Waals surface area contributed by atoms with E-state index in [9.17, 15) is 0 Å². The lowest BCUT2D eigenvalue weighted by Crippen LogP contribution is -2.40. The van der Waals surface area contributed by atoms with Crippen LogP contribution in [0.2, 0.25) is 0 Å². The van der Waals surface area contributed by atoms with Gasteiger partial charge in [0.05, 0.1) is 13.2 Å². The quantitative estimate of drug-likeness (QED) is 0.765. The van der Waals surface area contributed by atoms with Crippen LogP contribution in [-0.2, 0) is 4.74 Å². The van der Waals surface area contributed by atoms with E-state index in [4.69, 9.17) is 4.74 Å². The second-order valence-electron chi connectivity index (χ2n) is 5.61. The molecule has 3 rings (SSSR count). The largest absolute Gasteiger partial charge is 0.379 e. The van der Waals surface area contributed by atoms with E-state index >= 15 is 0 Å². The van der Waals surface area contributed by atoms with Crippen molar-refractivity contribution in [3.8, 4) is 0 Å². The maximum absolute atomic E-state index is 5.59. The fraction of sp³-hybridized carbons (Fsp3) is 0.923. The minimum absolute atomic E-state index is 0.401. The first kappa shape index (κ1) is 11.8. The van der Waals surface area contributed by atoms with Crippen molar-refractivity contribution < 1.29 is 4.74 Å². The Bertz CT molecular complexity index is 296. The molecule has 0 unspecified atom stereocenters. The highest BCUT2D eigenvalue weighted by atomic mass is 32.2. The van der Waals surface area contributed by atoms with E-state index in [2.05, 4.69) is 10.3 Å². The molecule has 0 radical (unpaired) electrons. The Morgan fingerprint density at radius 2 is 2.18 bits per heavy atom. The predicted molar refractivity (Wildman–Crippen MR) is 72.6 cm³/mol. The first-order valence-corrected chi connectivity index (χ1v) is 7.88. The Balaban J connectivity index is 1.36. The van der Waals surface area contributed by atoms with Gasteiger partial charge in [-0.05, 0) is 31.6 Å². The van der Waals surface area contributed by atoms with Crippen LogP contribution in [0.3, 0.4) is 0 Å². The molecular weight excluding hydrogens is 232 g/mol. The Morgan fingerprint density at radius 1 is 1.35 bits per heavy atom. The van der Waals surface area contributed by atoms with Gasteiger partial charge in [0.25, 0.3) is 0 Å². The monoisotopic (exact) mass is 254 g/mol. The molecule has 0 aromatic heterocycles. The number of nitrogens with one attached hydrogen (secondary N) is 1. The van der Waals surface area contributed by atoms with Crippen LogP contribution in [0.5, 0.6) is 0 Å². The first-order valence-electron chi connectivity index (χ1n) is 6.90. The van der Waals surface area contributed by atoms with Crippen LogP contribution in [-0.4, -0.2) is 36.2 Å².